The maximum atomic E-state index is 10.0. The Hall–Kier alpha value is -0.380. The predicted octanol–water partition coefficient (Wildman–Crippen LogP) is 3.41. The lowest BCUT2D eigenvalue weighted by Crippen LogP contribution is -2.36. The van der Waals surface area contributed by atoms with Crippen LogP contribution in [0.3, 0.4) is 0 Å². The summed E-state index contributed by atoms with van der Waals surface area (Å²) < 4.78 is 0. The quantitative estimate of drug-likeness (QED) is 0.855. The molecule has 2 nitrogen and oxygen atoms in total. The maximum Gasteiger partial charge on any atom is 0.0600 e. The predicted molar refractivity (Wildman–Crippen MR) is 80.2 cm³/mol. The first kappa shape index (κ1) is 15.7. The molecule has 0 aromatic carbocycles. The van der Waals surface area contributed by atoms with Gasteiger partial charge in [-0.25, -0.2) is 0 Å². The molecule has 0 fully saturated rings. The summed E-state index contributed by atoms with van der Waals surface area (Å²) in [6, 6.07) is 4.82. The van der Waals surface area contributed by atoms with Crippen LogP contribution in [0, 0.1) is 5.41 Å². The molecule has 1 N–H and O–H groups in total. The van der Waals surface area contributed by atoms with E-state index in [4.69, 9.17) is 0 Å². The zero-order chi connectivity index (χ0) is 13.8. The van der Waals surface area contributed by atoms with Crippen molar-refractivity contribution >= 4 is 11.3 Å². The van der Waals surface area contributed by atoms with E-state index in [1.54, 1.807) is 0 Å². The Kier molecular flexibility index (Phi) is 5.83. The molecule has 0 amide bonds. The van der Waals surface area contributed by atoms with E-state index in [9.17, 15) is 5.11 Å². The van der Waals surface area contributed by atoms with Crippen molar-refractivity contribution in [3.05, 3.63) is 22.4 Å². The van der Waals surface area contributed by atoms with E-state index in [1.165, 1.54) is 4.88 Å². The van der Waals surface area contributed by atoms with Crippen molar-refractivity contribution in [2.24, 2.45) is 5.41 Å². The van der Waals surface area contributed by atoms with Crippen LogP contribution >= 0.6 is 11.3 Å². The Morgan fingerprint density at radius 1 is 1.39 bits per heavy atom. The minimum atomic E-state index is -0.228. The second-order valence-corrected chi connectivity index (χ2v) is 7.32. The molecule has 0 saturated carbocycles. The van der Waals surface area contributed by atoms with Crippen molar-refractivity contribution in [2.45, 2.75) is 52.7 Å². The number of aliphatic hydroxyl groups excluding tert-OH is 1. The molecule has 2 atom stereocenters. The standard InChI is InChI=1S/C15H27NOS/c1-12(11-13-7-6-10-18-13)16(5)9-8-14(17)15(2,3)4/h6-7,10,12,14,17H,8-9,11H2,1-5H3. The van der Waals surface area contributed by atoms with E-state index in [-0.39, 0.29) is 11.5 Å². The van der Waals surface area contributed by atoms with Gasteiger partial charge in [0.2, 0.25) is 0 Å². The number of rotatable bonds is 6. The Morgan fingerprint density at radius 3 is 2.56 bits per heavy atom. The van der Waals surface area contributed by atoms with Gasteiger partial charge in [-0.1, -0.05) is 26.8 Å². The molecule has 1 aromatic rings. The molecule has 1 aromatic heterocycles. The number of thiophene rings is 1. The van der Waals surface area contributed by atoms with E-state index in [2.05, 4.69) is 57.2 Å². The van der Waals surface area contributed by atoms with Gasteiger partial charge in [0.15, 0.2) is 0 Å². The summed E-state index contributed by atoms with van der Waals surface area (Å²) in [5.41, 5.74) is -0.0160. The zero-order valence-electron chi connectivity index (χ0n) is 12.3. The van der Waals surface area contributed by atoms with E-state index >= 15 is 0 Å². The number of hydrogen-bond donors (Lipinski definition) is 1. The minimum Gasteiger partial charge on any atom is -0.393 e. The summed E-state index contributed by atoms with van der Waals surface area (Å²) in [6.45, 7) is 9.47. The number of aliphatic hydroxyl groups is 1. The monoisotopic (exact) mass is 269 g/mol. The molecule has 0 saturated heterocycles. The molecule has 3 heteroatoms. The van der Waals surface area contributed by atoms with Gasteiger partial charge in [0, 0.05) is 17.5 Å². The molecule has 0 aliphatic carbocycles. The van der Waals surface area contributed by atoms with Crippen molar-refractivity contribution in [3.8, 4) is 0 Å². The Labute approximate surface area is 116 Å². The smallest absolute Gasteiger partial charge is 0.0600 e. The number of nitrogens with zero attached hydrogens (tertiary/aromatic N) is 1. The van der Waals surface area contributed by atoms with Gasteiger partial charge in [0.1, 0.15) is 0 Å². The van der Waals surface area contributed by atoms with E-state index in [1.807, 2.05) is 11.3 Å². The Bertz CT molecular complexity index is 329. The third kappa shape index (κ3) is 5.09. The van der Waals surface area contributed by atoms with E-state index < -0.39 is 0 Å². The van der Waals surface area contributed by atoms with Crippen molar-refractivity contribution in [2.75, 3.05) is 13.6 Å². The third-order valence-corrected chi connectivity index (χ3v) is 4.48. The molecule has 0 radical (unpaired) electrons. The SMILES string of the molecule is CC(Cc1cccs1)N(C)CCC(O)C(C)(C)C. The summed E-state index contributed by atoms with van der Waals surface area (Å²) in [5, 5.41) is 12.2. The van der Waals surface area contributed by atoms with Crippen molar-refractivity contribution in [1.82, 2.24) is 4.90 Å². The Balaban J connectivity index is 2.34. The summed E-state index contributed by atoms with van der Waals surface area (Å²) in [7, 11) is 2.15. The fraction of sp³-hybridized carbons (Fsp3) is 0.733. The van der Waals surface area contributed by atoms with Gasteiger partial charge in [0.05, 0.1) is 6.10 Å². The van der Waals surface area contributed by atoms with Crippen molar-refractivity contribution in [1.29, 1.82) is 0 Å². The van der Waals surface area contributed by atoms with Crippen LogP contribution in [0.15, 0.2) is 17.5 Å². The summed E-state index contributed by atoms with van der Waals surface area (Å²) in [4.78, 5) is 3.78. The first-order valence-electron chi connectivity index (χ1n) is 6.71. The largest absolute Gasteiger partial charge is 0.393 e. The molecule has 2 unspecified atom stereocenters. The maximum absolute atomic E-state index is 10.0. The van der Waals surface area contributed by atoms with Gasteiger partial charge in [-0.15, -0.1) is 11.3 Å². The van der Waals surface area contributed by atoms with Gasteiger partial charge >= 0.3 is 0 Å². The van der Waals surface area contributed by atoms with Crippen LogP contribution < -0.4 is 0 Å². The van der Waals surface area contributed by atoms with Crippen LogP contribution in [0.1, 0.15) is 39.0 Å². The van der Waals surface area contributed by atoms with Crippen LogP contribution in [0.4, 0.5) is 0 Å². The lowest BCUT2D eigenvalue weighted by Gasteiger charge is -2.30. The normalized spacial score (nSPS) is 15.9. The highest BCUT2D eigenvalue weighted by molar-refractivity contribution is 7.09. The second-order valence-electron chi connectivity index (χ2n) is 6.28. The first-order valence-corrected chi connectivity index (χ1v) is 7.59. The first-order chi connectivity index (χ1) is 8.30. The van der Waals surface area contributed by atoms with Gasteiger partial charge < -0.3 is 10.0 Å². The molecule has 0 spiro atoms. The molecule has 1 rings (SSSR count). The fourth-order valence-corrected chi connectivity index (χ4v) is 2.68. The van der Waals surface area contributed by atoms with Gasteiger partial charge in [-0.05, 0) is 43.7 Å². The molecule has 104 valence electrons. The van der Waals surface area contributed by atoms with Crippen LogP contribution in [-0.2, 0) is 6.42 Å². The van der Waals surface area contributed by atoms with Gasteiger partial charge in [-0.2, -0.15) is 0 Å². The summed E-state index contributed by atoms with van der Waals surface area (Å²) in [6.07, 6.45) is 1.71. The molecule has 18 heavy (non-hydrogen) atoms. The molecule has 0 aliphatic rings. The highest BCUT2D eigenvalue weighted by Gasteiger charge is 2.22. The topological polar surface area (TPSA) is 23.5 Å². The second kappa shape index (κ2) is 6.69. The average Bonchev–Trinajstić information content (AvgIpc) is 2.76. The van der Waals surface area contributed by atoms with Crippen molar-refractivity contribution < 1.29 is 5.11 Å². The molecule has 1 heterocycles. The van der Waals surface area contributed by atoms with Crippen LogP contribution in [0.5, 0.6) is 0 Å². The molecular weight excluding hydrogens is 242 g/mol. The number of likely N-dealkylation sites (N-methyl/N-ethyl adjacent to an activating group) is 1. The molecular formula is C15H27NOS. The summed E-state index contributed by atoms with van der Waals surface area (Å²) in [5.74, 6) is 0. The lowest BCUT2D eigenvalue weighted by molar-refractivity contribution is 0.0448. The zero-order valence-corrected chi connectivity index (χ0v) is 13.1. The van der Waals surface area contributed by atoms with Gasteiger partial charge in [0.25, 0.3) is 0 Å². The third-order valence-electron chi connectivity index (χ3n) is 3.58. The average molecular weight is 269 g/mol. The summed E-state index contributed by atoms with van der Waals surface area (Å²) >= 11 is 1.82. The molecule has 0 bridgehead atoms. The molecule has 0 aliphatic heterocycles. The van der Waals surface area contributed by atoms with E-state index in [0.717, 1.165) is 19.4 Å². The fourth-order valence-electron chi connectivity index (χ4n) is 1.86. The van der Waals surface area contributed by atoms with E-state index in [0.29, 0.717) is 6.04 Å². The van der Waals surface area contributed by atoms with Crippen LogP contribution in [0.25, 0.3) is 0 Å². The lowest BCUT2D eigenvalue weighted by atomic mass is 9.87. The van der Waals surface area contributed by atoms with Gasteiger partial charge in [-0.3, -0.25) is 0 Å². The highest BCUT2D eigenvalue weighted by Crippen LogP contribution is 2.22. The Morgan fingerprint density at radius 2 is 2.06 bits per heavy atom. The van der Waals surface area contributed by atoms with Crippen LogP contribution in [0.2, 0.25) is 0 Å². The van der Waals surface area contributed by atoms with Crippen molar-refractivity contribution in [3.63, 3.8) is 0 Å². The number of hydrogen-bond acceptors (Lipinski definition) is 3. The minimum absolute atomic E-state index is 0.0160. The highest BCUT2D eigenvalue weighted by atomic mass is 32.1. The van der Waals surface area contributed by atoms with Crippen LogP contribution in [-0.4, -0.2) is 35.7 Å².